The highest BCUT2D eigenvalue weighted by atomic mass is 32.2. The van der Waals surface area contributed by atoms with Gasteiger partial charge in [-0.2, -0.15) is 0 Å². The molecule has 0 radical (unpaired) electrons. The Hall–Kier alpha value is -1.47. The van der Waals surface area contributed by atoms with Crippen LogP contribution in [0.15, 0.2) is 23.1 Å². The number of hydrogen-bond acceptors (Lipinski definition) is 5. The van der Waals surface area contributed by atoms with Gasteiger partial charge in [0.25, 0.3) is 0 Å². The van der Waals surface area contributed by atoms with Crippen LogP contribution >= 0.6 is 0 Å². The molecule has 0 saturated carbocycles. The van der Waals surface area contributed by atoms with Crippen molar-refractivity contribution in [2.45, 2.75) is 4.90 Å². The molecule has 7 heteroatoms. The second kappa shape index (κ2) is 3.35. The van der Waals surface area contributed by atoms with Gasteiger partial charge in [0.1, 0.15) is 15.9 Å². The van der Waals surface area contributed by atoms with Gasteiger partial charge in [-0.15, -0.1) is 0 Å². The van der Waals surface area contributed by atoms with E-state index in [0.29, 0.717) is 18.2 Å². The van der Waals surface area contributed by atoms with E-state index in [2.05, 4.69) is 0 Å². The highest BCUT2D eigenvalue weighted by Crippen LogP contribution is 2.13. The van der Waals surface area contributed by atoms with Crippen LogP contribution < -0.4 is 5.11 Å². The normalized spacial score (nSPS) is 11.3. The summed E-state index contributed by atoms with van der Waals surface area (Å²) < 4.78 is 44.0. The molecule has 0 unspecified atom stereocenters. The molecule has 5 nitrogen and oxygen atoms in total. The lowest BCUT2D eigenvalue weighted by Gasteiger charge is -2.10. The van der Waals surface area contributed by atoms with Gasteiger partial charge < -0.3 is 14.5 Å². The van der Waals surface area contributed by atoms with Crippen LogP contribution in [0.2, 0.25) is 0 Å². The minimum Gasteiger partial charge on any atom is -0.744 e. The number of benzene rings is 1. The number of carboxylic acid groups (broad SMARTS) is 1. The van der Waals surface area contributed by atoms with Crippen molar-refractivity contribution >= 4 is 16.1 Å². The van der Waals surface area contributed by atoms with Crippen LogP contribution in [0.25, 0.3) is 0 Å². The van der Waals surface area contributed by atoms with Crippen molar-refractivity contribution in [1.82, 2.24) is 0 Å². The number of aromatic carboxylic acids is 1. The first-order valence-electron chi connectivity index (χ1n) is 3.29. The lowest BCUT2D eigenvalue weighted by molar-refractivity contribution is -0.255. The van der Waals surface area contributed by atoms with Gasteiger partial charge in [0.2, 0.25) is 0 Å². The lowest BCUT2D eigenvalue weighted by atomic mass is 10.2. The Morgan fingerprint density at radius 1 is 1.36 bits per heavy atom. The van der Waals surface area contributed by atoms with Gasteiger partial charge in [-0.3, -0.25) is 0 Å². The van der Waals surface area contributed by atoms with Gasteiger partial charge in [0.15, 0.2) is 0 Å². The Labute approximate surface area is 78.5 Å². The summed E-state index contributed by atoms with van der Waals surface area (Å²) in [5.74, 6) is -3.04. The Kier molecular flexibility index (Phi) is 2.54. The molecule has 0 saturated heterocycles. The highest BCUT2D eigenvalue weighted by molar-refractivity contribution is 7.85. The van der Waals surface area contributed by atoms with E-state index in [1.807, 2.05) is 0 Å². The van der Waals surface area contributed by atoms with Gasteiger partial charge in [0, 0.05) is 5.56 Å². The maximum atomic E-state index is 12.7. The van der Waals surface area contributed by atoms with E-state index in [9.17, 15) is 27.3 Å². The predicted octanol–water partition coefficient (Wildman–Crippen LogP) is -0.907. The standard InChI is InChI=1S/C7H5FO5S/c8-6-2-1-4(14(11,12)13)3-5(6)7(9)10/h1-3H,(H,9,10)(H,11,12,13)/p-2. The van der Waals surface area contributed by atoms with E-state index in [-0.39, 0.29) is 0 Å². The van der Waals surface area contributed by atoms with Crippen molar-refractivity contribution in [3.8, 4) is 0 Å². The van der Waals surface area contributed by atoms with Crippen molar-refractivity contribution in [2.24, 2.45) is 0 Å². The Balaban J connectivity index is 3.42. The molecule has 14 heavy (non-hydrogen) atoms. The second-order valence-electron chi connectivity index (χ2n) is 2.38. The zero-order chi connectivity index (χ0) is 10.9. The Morgan fingerprint density at radius 3 is 2.36 bits per heavy atom. The van der Waals surface area contributed by atoms with E-state index >= 15 is 0 Å². The third-order valence-corrected chi connectivity index (χ3v) is 2.28. The summed E-state index contributed by atoms with van der Waals surface area (Å²) in [4.78, 5) is 9.45. The fourth-order valence-electron chi connectivity index (χ4n) is 0.816. The van der Waals surface area contributed by atoms with Crippen molar-refractivity contribution in [2.75, 3.05) is 0 Å². The number of carbonyl (C=O) groups is 1. The van der Waals surface area contributed by atoms with Crippen LogP contribution in [0.3, 0.4) is 0 Å². The molecule has 0 aromatic heterocycles. The van der Waals surface area contributed by atoms with Crippen LogP contribution in [0.4, 0.5) is 4.39 Å². The summed E-state index contributed by atoms with van der Waals surface area (Å²) in [6, 6.07) is 1.69. The molecule has 0 N–H and O–H groups in total. The van der Waals surface area contributed by atoms with E-state index < -0.39 is 32.4 Å². The molecule has 1 rings (SSSR count). The molecule has 0 spiro atoms. The van der Waals surface area contributed by atoms with Gasteiger partial charge >= 0.3 is 0 Å². The largest absolute Gasteiger partial charge is 0.744 e. The van der Waals surface area contributed by atoms with Gasteiger partial charge in [-0.05, 0) is 18.2 Å². The van der Waals surface area contributed by atoms with E-state index in [1.54, 1.807) is 0 Å². The van der Waals surface area contributed by atoms with E-state index in [1.165, 1.54) is 0 Å². The summed E-state index contributed by atoms with van der Waals surface area (Å²) in [5.41, 5.74) is -0.957. The van der Waals surface area contributed by atoms with Crippen molar-refractivity contribution < 1.29 is 27.3 Å². The smallest absolute Gasteiger partial charge is 0.132 e. The minimum absolute atomic E-state index is 0.424. The molecule has 0 heterocycles. The average Bonchev–Trinajstić information content (AvgIpc) is 2.02. The van der Waals surface area contributed by atoms with Crippen LogP contribution in [0.5, 0.6) is 0 Å². The summed E-state index contributed by atoms with van der Waals surface area (Å²) in [6.45, 7) is 0. The minimum atomic E-state index is -4.78. The van der Waals surface area contributed by atoms with Crippen molar-refractivity contribution in [3.05, 3.63) is 29.6 Å². The van der Waals surface area contributed by atoms with Gasteiger partial charge in [-0.1, -0.05) is 0 Å². The van der Waals surface area contributed by atoms with Crippen LogP contribution in [0.1, 0.15) is 10.4 Å². The van der Waals surface area contributed by atoms with Gasteiger partial charge in [0.05, 0.1) is 10.9 Å². The summed E-state index contributed by atoms with van der Waals surface area (Å²) in [5, 5.41) is 10.3. The molecule has 1 aromatic carbocycles. The van der Waals surface area contributed by atoms with Gasteiger partial charge in [-0.25, -0.2) is 12.8 Å². The first-order chi connectivity index (χ1) is 6.32. The molecule has 1 aromatic rings. The molecule has 0 aliphatic carbocycles. The maximum Gasteiger partial charge on any atom is 0.132 e. The topological polar surface area (TPSA) is 97.3 Å². The van der Waals surface area contributed by atoms with Crippen LogP contribution in [-0.2, 0) is 10.1 Å². The lowest BCUT2D eigenvalue weighted by Crippen LogP contribution is -2.24. The first-order valence-corrected chi connectivity index (χ1v) is 4.70. The third-order valence-electron chi connectivity index (χ3n) is 1.45. The Bertz CT molecular complexity index is 479. The fraction of sp³-hybridized carbons (Fsp3) is 0. The zero-order valence-corrected chi connectivity index (χ0v) is 7.38. The number of hydrogen-bond donors (Lipinski definition) is 0. The monoisotopic (exact) mass is 218 g/mol. The van der Waals surface area contributed by atoms with E-state index in [0.717, 1.165) is 0 Å². The van der Waals surface area contributed by atoms with E-state index in [4.69, 9.17) is 0 Å². The molecular formula is C7H3FO5S-2. The average molecular weight is 218 g/mol. The number of rotatable bonds is 2. The summed E-state index contributed by atoms with van der Waals surface area (Å²) >= 11 is 0. The second-order valence-corrected chi connectivity index (χ2v) is 3.76. The number of halogens is 1. The molecule has 0 atom stereocenters. The third kappa shape index (κ3) is 2.06. The first kappa shape index (κ1) is 10.6. The van der Waals surface area contributed by atoms with Crippen molar-refractivity contribution in [1.29, 1.82) is 0 Å². The van der Waals surface area contributed by atoms with Crippen LogP contribution in [0, 0.1) is 5.82 Å². The summed E-state index contributed by atoms with van der Waals surface area (Å²) in [7, 11) is -4.78. The Morgan fingerprint density at radius 2 is 1.93 bits per heavy atom. The summed E-state index contributed by atoms with van der Waals surface area (Å²) in [6.07, 6.45) is 0. The molecule has 0 amide bonds. The quantitative estimate of drug-likeness (QED) is 0.599. The zero-order valence-electron chi connectivity index (χ0n) is 6.56. The highest BCUT2D eigenvalue weighted by Gasteiger charge is 2.07. The molecule has 0 aliphatic heterocycles. The molecular weight excluding hydrogens is 215 g/mol. The molecule has 76 valence electrons. The van der Waals surface area contributed by atoms with Crippen molar-refractivity contribution in [3.63, 3.8) is 0 Å². The number of carbonyl (C=O) groups excluding carboxylic acids is 1. The predicted molar refractivity (Wildman–Crippen MR) is 38.7 cm³/mol. The number of carboxylic acids is 1. The van der Waals surface area contributed by atoms with Crippen LogP contribution in [-0.4, -0.2) is 18.9 Å². The molecule has 0 aliphatic rings. The maximum absolute atomic E-state index is 12.7. The fourth-order valence-corrected chi connectivity index (χ4v) is 1.31. The molecule has 0 bridgehead atoms. The SMILES string of the molecule is O=C([O-])c1cc(S(=O)(=O)[O-])ccc1F. The molecule has 0 fully saturated rings.